The Bertz CT molecular complexity index is 1240. The van der Waals surface area contributed by atoms with Crippen molar-refractivity contribution in [2.75, 3.05) is 17.7 Å². The smallest absolute Gasteiger partial charge is 0.257 e. The summed E-state index contributed by atoms with van der Waals surface area (Å²) in [5.41, 5.74) is 1.94. The second-order valence-corrected chi connectivity index (χ2v) is 6.89. The third kappa shape index (κ3) is 5.56. The molecule has 0 aliphatic heterocycles. The van der Waals surface area contributed by atoms with Gasteiger partial charge in [0.2, 0.25) is 23.5 Å². The number of anilines is 2. The number of hydrogen-bond donors (Lipinski definition) is 2. The van der Waals surface area contributed by atoms with Gasteiger partial charge in [0.25, 0.3) is 5.91 Å². The van der Waals surface area contributed by atoms with Gasteiger partial charge in [0.05, 0.1) is 30.2 Å². The fraction of sp³-hybridized carbons (Fsp3) is 0.130. The number of hydrogen-bond acceptors (Lipinski definition) is 8. The molecular weight excluding hydrogens is 424 g/mol. The van der Waals surface area contributed by atoms with Crippen LogP contribution in [0.2, 0.25) is 0 Å². The first-order valence-electron chi connectivity index (χ1n) is 10.1. The van der Waals surface area contributed by atoms with E-state index in [1.165, 1.54) is 13.3 Å². The number of nitrogens with zero attached hydrogens (tertiary/aromatic N) is 4. The van der Waals surface area contributed by atoms with E-state index in [0.29, 0.717) is 34.5 Å². The Morgan fingerprint density at radius 3 is 2.67 bits per heavy atom. The van der Waals surface area contributed by atoms with E-state index in [1.54, 1.807) is 54.9 Å². The quantitative estimate of drug-likeness (QED) is 0.423. The normalized spacial score (nSPS) is 10.5. The summed E-state index contributed by atoms with van der Waals surface area (Å²) in [5, 5.41) is 9.43. The summed E-state index contributed by atoms with van der Waals surface area (Å²) in [6.07, 6.45) is 5.13. The molecule has 4 rings (SSSR count). The average molecular weight is 444 g/mol. The summed E-state index contributed by atoms with van der Waals surface area (Å²) < 4.78 is 10.2. The standard InChI is InChI=1S/C23H20N6O4/c1-32-20-10-8-16(14-25-20)26-23(31)17-6-2-3-7-18(17)27-19(30)9-11-21-28-22(29-33-21)15-5-4-12-24-13-15/h2-8,10,12-14H,9,11H2,1H3,(H,26,31)(H,27,30). The van der Waals surface area contributed by atoms with E-state index < -0.39 is 0 Å². The minimum atomic E-state index is -0.379. The van der Waals surface area contributed by atoms with Crippen LogP contribution in [0.4, 0.5) is 11.4 Å². The highest BCUT2D eigenvalue weighted by atomic mass is 16.5. The third-order valence-corrected chi connectivity index (χ3v) is 4.60. The highest BCUT2D eigenvalue weighted by molar-refractivity contribution is 6.10. The molecule has 0 atom stereocenters. The molecule has 0 unspecified atom stereocenters. The van der Waals surface area contributed by atoms with E-state index >= 15 is 0 Å². The molecule has 0 bridgehead atoms. The van der Waals surface area contributed by atoms with Gasteiger partial charge in [-0.25, -0.2) is 4.98 Å². The average Bonchev–Trinajstić information content (AvgIpc) is 3.33. The fourth-order valence-electron chi connectivity index (χ4n) is 2.97. The van der Waals surface area contributed by atoms with E-state index in [-0.39, 0.29) is 24.7 Å². The van der Waals surface area contributed by atoms with Gasteiger partial charge in [0, 0.05) is 36.9 Å². The van der Waals surface area contributed by atoms with Crippen LogP contribution in [-0.2, 0) is 11.2 Å². The molecule has 2 amide bonds. The van der Waals surface area contributed by atoms with Crippen molar-refractivity contribution in [1.29, 1.82) is 0 Å². The lowest BCUT2D eigenvalue weighted by molar-refractivity contribution is -0.116. The van der Waals surface area contributed by atoms with Crippen molar-refractivity contribution in [1.82, 2.24) is 20.1 Å². The minimum absolute atomic E-state index is 0.104. The van der Waals surface area contributed by atoms with E-state index in [0.717, 1.165) is 5.56 Å². The number of ether oxygens (including phenoxy) is 1. The van der Waals surface area contributed by atoms with E-state index in [2.05, 4.69) is 30.7 Å². The number of carbonyl (C=O) groups is 2. The number of para-hydroxylation sites is 1. The zero-order valence-corrected chi connectivity index (χ0v) is 17.7. The van der Waals surface area contributed by atoms with Crippen LogP contribution in [0.5, 0.6) is 5.88 Å². The molecule has 4 aromatic rings. The summed E-state index contributed by atoms with van der Waals surface area (Å²) in [6.45, 7) is 0. The number of methoxy groups -OCH3 is 1. The fourth-order valence-corrected chi connectivity index (χ4v) is 2.97. The Hall–Kier alpha value is -4.60. The van der Waals surface area contributed by atoms with Crippen molar-refractivity contribution in [3.8, 4) is 17.3 Å². The molecule has 0 spiro atoms. The van der Waals surface area contributed by atoms with Crippen LogP contribution >= 0.6 is 0 Å². The predicted octanol–water partition coefficient (Wildman–Crippen LogP) is 3.36. The van der Waals surface area contributed by atoms with Gasteiger partial charge in [-0.05, 0) is 30.3 Å². The summed E-state index contributed by atoms with van der Waals surface area (Å²) in [7, 11) is 1.51. The van der Waals surface area contributed by atoms with Crippen LogP contribution in [0.1, 0.15) is 22.7 Å². The lowest BCUT2D eigenvalue weighted by atomic mass is 10.1. The van der Waals surface area contributed by atoms with Crippen LogP contribution in [-0.4, -0.2) is 39.0 Å². The van der Waals surface area contributed by atoms with Gasteiger partial charge in [-0.3, -0.25) is 14.6 Å². The van der Waals surface area contributed by atoms with Crippen LogP contribution in [0.15, 0.2) is 71.6 Å². The number of aromatic nitrogens is 4. The van der Waals surface area contributed by atoms with Crippen molar-refractivity contribution >= 4 is 23.2 Å². The zero-order chi connectivity index (χ0) is 23.0. The summed E-state index contributed by atoms with van der Waals surface area (Å²) >= 11 is 0. The van der Waals surface area contributed by atoms with Crippen LogP contribution in [0.25, 0.3) is 11.4 Å². The summed E-state index contributed by atoms with van der Waals surface area (Å²) in [5.74, 6) is 0.517. The Morgan fingerprint density at radius 1 is 1.03 bits per heavy atom. The zero-order valence-electron chi connectivity index (χ0n) is 17.7. The van der Waals surface area contributed by atoms with Crippen LogP contribution < -0.4 is 15.4 Å². The highest BCUT2D eigenvalue weighted by Gasteiger charge is 2.15. The number of amides is 2. The maximum absolute atomic E-state index is 12.7. The second-order valence-electron chi connectivity index (χ2n) is 6.89. The third-order valence-electron chi connectivity index (χ3n) is 4.60. The van der Waals surface area contributed by atoms with E-state index in [4.69, 9.17) is 9.26 Å². The van der Waals surface area contributed by atoms with Crippen molar-refractivity contribution in [2.24, 2.45) is 0 Å². The van der Waals surface area contributed by atoms with Gasteiger partial charge in [-0.2, -0.15) is 4.98 Å². The Kier molecular flexibility index (Phi) is 6.64. The largest absolute Gasteiger partial charge is 0.481 e. The molecular formula is C23H20N6O4. The molecule has 3 aromatic heterocycles. The second kappa shape index (κ2) is 10.1. The first kappa shape index (κ1) is 21.6. The van der Waals surface area contributed by atoms with Gasteiger partial charge < -0.3 is 19.9 Å². The van der Waals surface area contributed by atoms with E-state index in [1.807, 2.05) is 6.07 Å². The molecule has 10 heteroatoms. The summed E-state index contributed by atoms with van der Waals surface area (Å²) in [6, 6.07) is 13.6. The molecule has 33 heavy (non-hydrogen) atoms. The molecule has 1 aromatic carbocycles. The number of benzene rings is 1. The van der Waals surface area contributed by atoms with Crippen molar-refractivity contribution in [2.45, 2.75) is 12.8 Å². The van der Waals surface area contributed by atoms with E-state index in [9.17, 15) is 9.59 Å². The van der Waals surface area contributed by atoms with Crippen molar-refractivity contribution < 1.29 is 18.8 Å². The number of rotatable bonds is 8. The Morgan fingerprint density at radius 2 is 1.91 bits per heavy atom. The van der Waals surface area contributed by atoms with Crippen molar-refractivity contribution in [3.63, 3.8) is 0 Å². The lowest BCUT2D eigenvalue weighted by Gasteiger charge is -2.11. The van der Waals surface area contributed by atoms with Crippen molar-refractivity contribution in [3.05, 3.63) is 78.6 Å². The Balaban J connectivity index is 1.36. The number of nitrogens with one attached hydrogen (secondary N) is 2. The molecule has 0 aliphatic rings. The van der Waals surface area contributed by atoms with Crippen LogP contribution in [0, 0.1) is 0 Å². The summed E-state index contributed by atoms with van der Waals surface area (Å²) in [4.78, 5) is 37.6. The molecule has 2 N–H and O–H groups in total. The van der Waals surface area contributed by atoms with Crippen LogP contribution in [0.3, 0.4) is 0 Å². The predicted molar refractivity (Wildman–Crippen MR) is 120 cm³/mol. The SMILES string of the molecule is COc1ccc(NC(=O)c2ccccc2NC(=O)CCc2nc(-c3cccnc3)no2)cn1. The van der Waals surface area contributed by atoms with Gasteiger partial charge in [-0.15, -0.1) is 0 Å². The van der Waals surface area contributed by atoms with Gasteiger partial charge in [0.1, 0.15) is 0 Å². The van der Waals surface area contributed by atoms with Gasteiger partial charge in [-0.1, -0.05) is 17.3 Å². The monoisotopic (exact) mass is 444 g/mol. The number of aryl methyl sites for hydroxylation is 1. The number of pyridine rings is 2. The lowest BCUT2D eigenvalue weighted by Crippen LogP contribution is -2.18. The Labute approximate surface area is 189 Å². The molecule has 3 heterocycles. The number of carbonyl (C=O) groups excluding carboxylic acids is 2. The molecule has 0 aliphatic carbocycles. The molecule has 0 radical (unpaired) electrons. The maximum Gasteiger partial charge on any atom is 0.257 e. The first-order chi connectivity index (χ1) is 16.1. The molecule has 10 nitrogen and oxygen atoms in total. The maximum atomic E-state index is 12.7. The molecule has 0 fully saturated rings. The minimum Gasteiger partial charge on any atom is -0.481 e. The molecule has 0 saturated heterocycles. The van der Waals surface area contributed by atoms with Gasteiger partial charge in [0.15, 0.2) is 0 Å². The first-order valence-corrected chi connectivity index (χ1v) is 10.1. The highest BCUT2D eigenvalue weighted by Crippen LogP contribution is 2.19. The molecule has 166 valence electrons. The molecule has 0 saturated carbocycles. The topological polar surface area (TPSA) is 132 Å². The van der Waals surface area contributed by atoms with Gasteiger partial charge >= 0.3 is 0 Å².